The van der Waals surface area contributed by atoms with Gasteiger partial charge in [0, 0.05) is 6.42 Å². The fourth-order valence-corrected chi connectivity index (χ4v) is 6.81. The monoisotopic (exact) mass is 766 g/mol. The van der Waals surface area contributed by atoms with Gasteiger partial charge in [0.05, 0.1) is 25.4 Å². The molecule has 7 unspecified atom stereocenters. The SMILES string of the molecule is CCCCCCCC/C=C\CCCCCCCCCCCC(=O)NC(COC1OC(CO)C(O)C(O)C1O)C(O)/C=C/CC/C=C/CCCCCCCC. The van der Waals surface area contributed by atoms with Gasteiger partial charge in [-0.25, -0.2) is 0 Å². The summed E-state index contributed by atoms with van der Waals surface area (Å²) in [6.45, 7) is 3.72. The molecule has 1 heterocycles. The maximum Gasteiger partial charge on any atom is 0.220 e. The third-order valence-electron chi connectivity index (χ3n) is 10.4. The number of amides is 1. The second-order valence-corrected chi connectivity index (χ2v) is 15.5. The van der Waals surface area contributed by atoms with E-state index in [0.29, 0.717) is 6.42 Å². The van der Waals surface area contributed by atoms with Crippen LogP contribution in [0.15, 0.2) is 36.5 Å². The molecule has 1 aliphatic rings. The molecule has 6 N–H and O–H groups in total. The van der Waals surface area contributed by atoms with E-state index in [-0.39, 0.29) is 12.5 Å². The number of allylic oxidation sites excluding steroid dienone is 5. The lowest BCUT2D eigenvalue weighted by Gasteiger charge is -2.40. The molecule has 1 saturated heterocycles. The highest BCUT2D eigenvalue weighted by Crippen LogP contribution is 2.22. The fraction of sp³-hybridized carbons (Fsp3) is 0.844. The molecular weight excluding hydrogens is 682 g/mol. The van der Waals surface area contributed by atoms with Gasteiger partial charge in [-0.1, -0.05) is 159 Å². The summed E-state index contributed by atoms with van der Waals surface area (Å²) in [5, 5.41) is 54.0. The number of rotatable bonds is 36. The van der Waals surface area contributed by atoms with Crippen molar-refractivity contribution >= 4 is 5.91 Å². The Morgan fingerprint density at radius 2 is 1.06 bits per heavy atom. The van der Waals surface area contributed by atoms with Crippen LogP contribution in [0.5, 0.6) is 0 Å². The number of aliphatic hydroxyl groups excluding tert-OH is 5. The number of hydrogen-bond acceptors (Lipinski definition) is 8. The summed E-state index contributed by atoms with van der Waals surface area (Å²) >= 11 is 0. The summed E-state index contributed by atoms with van der Waals surface area (Å²) in [5.74, 6) is -0.191. The molecule has 0 aromatic heterocycles. The molecule has 1 fully saturated rings. The van der Waals surface area contributed by atoms with E-state index in [1.165, 1.54) is 128 Å². The van der Waals surface area contributed by atoms with Gasteiger partial charge in [0.15, 0.2) is 6.29 Å². The zero-order valence-electron chi connectivity index (χ0n) is 34.5. The highest BCUT2D eigenvalue weighted by Gasteiger charge is 2.44. The van der Waals surface area contributed by atoms with Crippen molar-refractivity contribution in [2.24, 2.45) is 0 Å². The quantitative estimate of drug-likeness (QED) is 0.0274. The van der Waals surface area contributed by atoms with E-state index < -0.39 is 49.5 Å². The molecule has 0 aromatic carbocycles. The maximum atomic E-state index is 12.9. The van der Waals surface area contributed by atoms with Crippen molar-refractivity contribution < 1.29 is 39.8 Å². The van der Waals surface area contributed by atoms with Crippen LogP contribution in [-0.2, 0) is 14.3 Å². The summed E-state index contributed by atoms with van der Waals surface area (Å²) in [6, 6.07) is -0.819. The molecule has 0 radical (unpaired) electrons. The van der Waals surface area contributed by atoms with E-state index in [0.717, 1.165) is 38.5 Å². The summed E-state index contributed by atoms with van der Waals surface area (Å²) < 4.78 is 11.2. The van der Waals surface area contributed by atoms with Crippen LogP contribution in [0.4, 0.5) is 0 Å². The number of unbranched alkanes of at least 4 members (excludes halogenated alkanes) is 22. The summed E-state index contributed by atoms with van der Waals surface area (Å²) in [6.07, 6.45) is 36.2. The van der Waals surface area contributed by atoms with Gasteiger partial charge in [-0.2, -0.15) is 0 Å². The highest BCUT2D eigenvalue weighted by atomic mass is 16.7. The second kappa shape index (κ2) is 35.8. The lowest BCUT2D eigenvalue weighted by atomic mass is 9.99. The minimum absolute atomic E-state index is 0.191. The average molecular weight is 766 g/mol. The number of carbonyl (C=O) groups excluding carboxylic acids is 1. The molecule has 1 rings (SSSR count). The molecule has 0 saturated carbocycles. The molecule has 0 aromatic rings. The largest absolute Gasteiger partial charge is 0.394 e. The van der Waals surface area contributed by atoms with Gasteiger partial charge < -0.3 is 40.3 Å². The summed E-state index contributed by atoms with van der Waals surface area (Å²) in [4.78, 5) is 12.9. The van der Waals surface area contributed by atoms with Crippen LogP contribution in [-0.4, -0.2) is 87.5 Å². The first-order chi connectivity index (χ1) is 26.3. The number of hydrogen-bond donors (Lipinski definition) is 6. The van der Waals surface area contributed by atoms with Crippen LogP contribution in [0.2, 0.25) is 0 Å². The third-order valence-corrected chi connectivity index (χ3v) is 10.4. The van der Waals surface area contributed by atoms with Gasteiger partial charge in [-0.05, 0) is 57.8 Å². The normalized spacial score (nSPS) is 21.8. The van der Waals surface area contributed by atoms with Crippen molar-refractivity contribution in [1.82, 2.24) is 5.32 Å². The first kappa shape index (κ1) is 50.4. The average Bonchev–Trinajstić information content (AvgIpc) is 3.17. The van der Waals surface area contributed by atoms with Gasteiger partial charge in [-0.15, -0.1) is 0 Å². The number of carbonyl (C=O) groups is 1. The van der Waals surface area contributed by atoms with Gasteiger partial charge >= 0.3 is 0 Å². The second-order valence-electron chi connectivity index (χ2n) is 15.5. The molecule has 1 aliphatic heterocycles. The Hall–Kier alpha value is -1.59. The molecule has 0 aliphatic carbocycles. The van der Waals surface area contributed by atoms with Crippen LogP contribution in [0.25, 0.3) is 0 Å². The predicted molar refractivity (Wildman–Crippen MR) is 221 cm³/mol. The van der Waals surface area contributed by atoms with Crippen molar-refractivity contribution in [3.63, 3.8) is 0 Å². The van der Waals surface area contributed by atoms with E-state index in [1.807, 2.05) is 6.08 Å². The minimum Gasteiger partial charge on any atom is -0.394 e. The first-order valence-electron chi connectivity index (χ1n) is 22.2. The van der Waals surface area contributed by atoms with E-state index in [2.05, 4.69) is 43.5 Å². The van der Waals surface area contributed by atoms with Crippen LogP contribution in [0.1, 0.15) is 187 Å². The van der Waals surface area contributed by atoms with Crippen LogP contribution >= 0.6 is 0 Å². The van der Waals surface area contributed by atoms with Crippen molar-refractivity contribution in [3.8, 4) is 0 Å². The zero-order chi connectivity index (χ0) is 39.5. The molecule has 0 bridgehead atoms. The summed E-state index contributed by atoms with van der Waals surface area (Å²) in [5.41, 5.74) is 0. The molecule has 0 spiro atoms. The standard InChI is InChI=1S/C45H83NO8/c1-3-5-7-9-11-13-15-17-18-19-20-21-22-23-25-27-29-31-33-35-41(49)46-38(37-53-45-44(52)43(51)42(50)40(36-47)54-45)39(48)34-32-30-28-26-24-16-14-12-10-8-6-4-2/h17-18,24,26,32,34,38-40,42-45,47-48,50-52H,3-16,19-23,25,27-31,33,35-37H2,1-2H3,(H,46,49)/b18-17-,26-24+,34-32+. The fourth-order valence-electron chi connectivity index (χ4n) is 6.81. The first-order valence-corrected chi connectivity index (χ1v) is 22.2. The van der Waals surface area contributed by atoms with E-state index in [4.69, 9.17) is 9.47 Å². The smallest absolute Gasteiger partial charge is 0.220 e. The lowest BCUT2D eigenvalue weighted by molar-refractivity contribution is -0.302. The Morgan fingerprint density at radius 1 is 0.611 bits per heavy atom. The Balaban J connectivity index is 2.36. The Kier molecular flexibility index (Phi) is 33.4. The van der Waals surface area contributed by atoms with Crippen molar-refractivity contribution in [1.29, 1.82) is 0 Å². The summed E-state index contributed by atoms with van der Waals surface area (Å²) in [7, 11) is 0. The molecule has 1 amide bonds. The van der Waals surface area contributed by atoms with Gasteiger partial charge in [0.25, 0.3) is 0 Å². The molecule has 9 heteroatoms. The van der Waals surface area contributed by atoms with E-state index in [9.17, 15) is 30.3 Å². The number of aliphatic hydroxyl groups is 5. The van der Waals surface area contributed by atoms with E-state index in [1.54, 1.807) is 6.08 Å². The molecular formula is C45H83NO8. The maximum absolute atomic E-state index is 12.9. The van der Waals surface area contributed by atoms with Crippen LogP contribution in [0, 0.1) is 0 Å². The van der Waals surface area contributed by atoms with Gasteiger partial charge in [0.1, 0.15) is 24.4 Å². The zero-order valence-corrected chi connectivity index (χ0v) is 34.5. The topological polar surface area (TPSA) is 149 Å². The van der Waals surface area contributed by atoms with Crippen molar-refractivity contribution in [3.05, 3.63) is 36.5 Å². The van der Waals surface area contributed by atoms with Crippen LogP contribution < -0.4 is 5.32 Å². The molecule has 9 nitrogen and oxygen atoms in total. The Morgan fingerprint density at radius 3 is 1.56 bits per heavy atom. The number of nitrogens with one attached hydrogen (secondary N) is 1. The van der Waals surface area contributed by atoms with Crippen LogP contribution in [0.3, 0.4) is 0 Å². The molecule has 316 valence electrons. The predicted octanol–water partition coefficient (Wildman–Crippen LogP) is 8.89. The minimum atomic E-state index is -1.57. The van der Waals surface area contributed by atoms with Crippen molar-refractivity contribution in [2.45, 2.75) is 230 Å². The Bertz CT molecular complexity index is 941. The molecule has 7 atom stereocenters. The van der Waals surface area contributed by atoms with Gasteiger partial charge in [0.2, 0.25) is 5.91 Å². The van der Waals surface area contributed by atoms with E-state index >= 15 is 0 Å². The highest BCUT2D eigenvalue weighted by molar-refractivity contribution is 5.76. The lowest BCUT2D eigenvalue weighted by Crippen LogP contribution is -2.60. The Labute approximate surface area is 330 Å². The molecule has 54 heavy (non-hydrogen) atoms. The van der Waals surface area contributed by atoms with Crippen molar-refractivity contribution in [2.75, 3.05) is 13.2 Å². The van der Waals surface area contributed by atoms with Gasteiger partial charge in [-0.3, -0.25) is 4.79 Å². The number of ether oxygens (including phenoxy) is 2. The third kappa shape index (κ3) is 26.3.